The lowest BCUT2D eigenvalue weighted by Gasteiger charge is -2.28. The van der Waals surface area contributed by atoms with Gasteiger partial charge < -0.3 is 10.4 Å². The number of rotatable bonds is 4. The summed E-state index contributed by atoms with van der Waals surface area (Å²) in [6.45, 7) is 0.0404. The van der Waals surface area contributed by atoms with Crippen molar-refractivity contribution in [3.8, 4) is 11.1 Å². The molecule has 1 aromatic carbocycles. The topological polar surface area (TPSA) is 80.0 Å². The van der Waals surface area contributed by atoms with Gasteiger partial charge in [-0.15, -0.1) is 0 Å². The van der Waals surface area contributed by atoms with Crippen LogP contribution in [0.25, 0.3) is 22.2 Å². The highest BCUT2D eigenvalue weighted by Crippen LogP contribution is 2.32. The van der Waals surface area contributed by atoms with Crippen LogP contribution in [0.4, 0.5) is 5.95 Å². The van der Waals surface area contributed by atoms with E-state index in [-0.39, 0.29) is 17.7 Å². The second kappa shape index (κ2) is 6.94. The molecule has 7 heteroatoms. The lowest BCUT2D eigenvalue weighted by Crippen LogP contribution is -2.39. The molecule has 1 aliphatic rings. The number of hydrogen-bond acceptors (Lipinski definition) is 5. The minimum atomic E-state index is -0.371. The Morgan fingerprint density at radius 3 is 2.70 bits per heavy atom. The molecule has 2 N–H and O–H groups in total. The molecular formula is C20H21ClN4O2. The van der Waals surface area contributed by atoms with Gasteiger partial charge in [0, 0.05) is 34.8 Å². The van der Waals surface area contributed by atoms with Crippen LogP contribution >= 0.6 is 11.6 Å². The standard InChI is InChI=1S/C20H21ClN4O2/c1-25-17-13(10-15(18(25)27)14-6-2-3-7-16(14)21)11-22-19(23-17)24-20(12-26)8-4-5-9-20/h2-3,6-7,10-11,26H,4-5,8-9,12H2,1H3,(H,22,23,24). The summed E-state index contributed by atoms with van der Waals surface area (Å²) < 4.78 is 1.52. The summed E-state index contributed by atoms with van der Waals surface area (Å²) in [4.78, 5) is 21.8. The highest BCUT2D eigenvalue weighted by molar-refractivity contribution is 6.33. The third kappa shape index (κ3) is 3.19. The smallest absolute Gasteiger partial charge is 0.259 e. The lowest BCUT2D eigenvalue weighted by molar-refractivity contribution is 0.213. The van der Waals surface area contributed by atoms with E-state index in [2.05, 4.69) is 15.3 Å². The normalized spacial score (nSPS) is 16.0. The molecule has 6 nitrogen and oxygen atoms in total. The lowest BCUT2D eigenvalue weighted by atomic mass is 9.99. The van der Waals surface area contributed by atoms with Crippen molar-refractivity contribution in [2.75, 3.05) is 11.9 Å². The van der Waals surface area contributed by atoms with Crippen LogP contribution in [0.3, 0.4) is 0 Å². The summed E-state index contributed by atoms with van der Waals surface area (Å²) in [5.74, 6) is 0.430. The van der Waals surface area contributed by atoms with E-state index in [4.69, 9.17) is 11.6 Å². The first-order chi connectivity index (χ1) is 13.0. The number of aliphatic hydroxyl groups excluding tert-OH is 1. The number of benzene rings is 1. The summed E-state index contributed by atoms with van der Waals surface area (Å²) in [6.07, 6.45) is 5.61. The number of nitrogens with zero attached hydrogens (tertiary/aromatic N) is 3. The van der Waals surface area contributed by atoms with Gasteiger partial charge in [-0.1, -0.05) is 42.6 Å². The molecule has 27 heavy (non-hydrogen) atoms. The molecule has 0 unspecified atom stereocenters. The molecule has 0 bridgehead atoms. The number of nitrogens with one attached hydrogen (secondary N) is 1. The fourth-order valence-electron chi connectivity index (χ4n) is 3.79. The van der Waals surface area contributed by atoms with E-state index in [9.17, 15) is 9.90 Å². The van der Waals surface area contributed by atoms with E-state index < -0.39 is 0 Å². The van der Waals surface area contributed by atoms with Crippen molar-refractivity contribution in [1.82, 2.24) is 14.5 Å². The van der Waals surface area contributed by atoms with Gasteiger partial charge in [-0.05, 0) is 25.0 Å². The predicted octanol–water partition coefficient (Wildman–Crippen LogP) is 3.37. The molecule has 0 aliphatic heterocycles. The Bertz CT molecular complexity index is 1060. The maximum Gasteiger partial charge on any atom is 0.259 e. The average Bonchev–Trinajstić information content (AvgIpc) is 3.15. The quantitative estimate of drug-likeness (QED) is 0.720. The zero-order chi connectivity index (χ0) is 19.0. The summed E-state index contributed by atoms with van der Waals surface area (Å²) >= 11 is 6.27. The molecule has 1 fully saturated rings. The number of pyridine rings is 1. The van der Waals surface area contributed by atoms with Crippen LogP contribution in [-0.2, 0) is 7.05 Å². The van der Waals surface area contributed by atoms with Crippen molar-refractivity contribution >= 4 is 28.6 Å². The molecule has 0 amide bonds. The van der Waals surface area contributed by atoms with Gasteiger partial charge in [-0.25, -0.2) is 4.98 Å². The van der Waals surface area contributed by atoms with E-state index in [1.165, 1.54) is 4.57 Å². The second-order valence-electron chi connectivity index (χ2n) is 7.15. The summed E-state index contributed by atoms with van der Waals surface area (Å²) in [7, 11) is 1.69. The van der Waals surface area contributed by atoms with Gasteiger partial charge in [0.2, 0.25) is 5.95 Å². The fourth-order valence-corrected chi connectivity index (χ4v) is 4.03. The summed E-state index contributed by atoms with van der Waals surface area (Å²) in [6, 6.07) is 9.05. The number of fused-ring (bicyclic) bond motifs is 1. The van der Waals surface area contributed by atoms with Gasteiger partial charge in [0.05, 0.1) is 12.1 Å². The van der Waals surface area contributed by atoms with E-state index in [0.29, 0.717) is 27.7 Å². The third-order valence-corrected chi connectivity index (χ3v) is 5.68. The van der Waals surface area contributed by atoms with Crippen LogP contribution in [0.5, 0.6) is 0 Å². The van der Waals surface area contributed by atoms with Gasteiger partial charge in [0.15, 0.2) is 0 Å². The molecule has 2 heterocycles. The van der Waals surface area contributed by atoms with Crippen LogP contribution in [-0.4, -0.2) is 31.8 Å². The molecule has 4 rings (SSSR count). The van der Waals surface area contributed by atoms with Gasteiger partial charge in [0.1, 0.15) is 5.65 Å². The highest BCUT2D eigenvalue weighted by atomic mass is 35.5. The number of anilines is 1. The van der Waals surface area contributed by atoms with Crippen LogP contribution in [0, 0.1) is 0 Å². The molecule has 2 aromatic heterocycles. The van der Waals surface area contributed by atoms with Crippen LogP contribution in [0.15, 0.2) is 41.3 Å². The number of aryl methyl sites for hydroxylation is 1. The van der Waals surface area contributed by atoms with Gasteiger partial charge in [-0.3, -0.25) is 9.36 Å². The number of aromatic nitrogens is 3. The molecular weight excluding hydrogens is 364 g/mol. The van der Waals surface area contributed by atoms with Gasteiger partial charge >= 0.3 is 0 Å². The minimum absolute atomic E-state index is 0.0404. The maximum atomic E-state index is 12.9. The van der Waals surface area contributed by atoms with Crippen molar-refractivity contribution in [3.05, 3.63) is 51.9 Å². The Kier molecular flexibility index (Phi) is 4.61. The number of hydrogen-bond donors (Lipinski definition) is 2. The van der Waals surface area contributed by atoms with Gasteiger partial charge in [-0.2, -0.15) is 4.98 Å². The zero-order valence-corrected chi connectivity index (χ0v) is 15.8. The minimum Gasteiger partial charge on any atom is -0.394 e. The zero-order valence-electron chi connectivity index (χ0n) is 15.1. The highest BCUT2D eigenvalue weighted by Gasteiger charge is 2.33. The Morgan fingerprint density at radius 2 is 2.00 bits per heavy atom. The monoisotopic (exact) mass is 384 g/mol. The average molecular weight is 385 g/mol. The Hall–Kier alpha value is -2.44. The maximum absolute atomic E-state index is 12.9. The fraction of sp³-hybridized carbons (Fsp3) is 0.350. The molecule has 1 aliphatic carbocycles. The van der Waals surface area contributed by atoms with Crippen molar-refractivity contribution in [2.45, 2.75) is 31.2 Å². The van der Waals surface area contributed by atoms with E-state index in [0.717, 1.165) is 31.1 Å². The Labute approximate surface area is 161 Å². The number of halogens is 1. The van der Waals surface area contributed by atoms with E-state index in [1.54, 1.807) is 25.4 Å². The Morgan fingerprint density at radius 1 is 1.26 bits per heavy atom. The molecule has 0 radical (unpaired) electrons. The molecule has 3 aromatic rings. The second-order valence-corrected chi connectivity index (χ2v) is 7.55. The van der Waals surface area contributed by atoms with Crippen molar-refractivity contribution in [3.63, 3.8) is 0 Å². The Balaban J connectivity index is 1.80. The number of aliphatic hydroxyl groups is 1. The largest absolute Gasteiger partial charge is 0.394 e. The molecule has 140 valence electrons. The first-order valence-electron chi connectivity index (χ1n) is 9.04. The molecule has 1 saturated carbocycles. The first kappa shape index (κ1) is 17.9. The molecule has 0 spiro atoms. The third-order valence-electron chi connectivity index (χ3n) is 5.35. The van der Waals surface area contributed by atoms with Crippen molar-refractivity contribution in [1.29, 1.82) is 0 Å². The molecule has 0 atom stereocenters. The van der Waals surface area contributed by atoms with E-state index >= 15 is 0 Å². The first-order valence-corrected chi connectivity index (χ1v) is 9.41. The van der Waals surface area contributed by atoms with Crippen molar-refractivity contribution in [2.24, 2.45) is 7.05 Å². The molecule has 0 saturated heterocycles. The van der Waals surface area contributed by atoms with Crippen LogP contribution < -0.4 is 10.9 Å². The predicted molar refractivity (Wildman–Crippen MR) is 107 cm³/mol. The van der Waals surface area contributed by atoms with Gasteiger partial charge in [0.25, 0.3) is 5.56 Å². The summed E-state index contributed by atoms with van der Waals surface area (Å²) in [5.41, 5.74) is 1.21. The van der Waals surface area contributed by atoms with E-state index in [1.807, 2.05) is 18.2 Å². The van der Waals surface area contributed by atoms with Crippen LogP contribution in [0.1, 0.15) is 25.7 Å². The SMILES string of the molecule is Cn1c(=O)c(-c2ccccc2Cl)cc2cnc(NC3(CO)CCCC3)nc21. The summed E-state index contributed by atoms with van der Waals surface area (Å²) in [5, 5.41) is 14.4. The van der Waals surface area contributed by atoms with Crippen LogP contribution in [0.2, 0.25) is 5.02 Å². The van der Waals surface area contributed by atoms with Crippen molar-refractivity contribution < 1.29 is 5.11 Å².